The summed E-state index contributed by atoms with van der Waals surface area (Å²) in [5.41, 5.74) is 3.61. The van der Waals surface area contributed by atoms with Crippen LogP contribution in [0.1, 0.15) is 31.4 Å². The number of hydrogen-bond donors (Lipinski definition) is 1. The third-order valence-electron chi connectivity index (χ3n) is 4.91. The number of para-hydroxylation sites is 1. The minimum absolute atomic E-state index is 0.0549. The summed E-state index contributed by atoms with van der Waals surface area (Å²) in [6, 6.07) is 16.9. The van der Waals surface area contributed by atoms with Crippen LogP contribution in [0.25, 0.3) is 10.9 Å². The van der Waals surface area contributed by atoms with Gasteiger partial charge in [0.05, 0.1) is 6.61 Å². The van der Waals surface area contributed by atoms with E-state index in [1.165, 1.54) is 16.5 Å². The smallest absolute Gasteiger partial charge is 0.205 e. The molecular formula is C21H23NO2. The van der Waals surface area contributed by atoms with Crippen LogP contribution >= 0.6 is 0 Å². The van der Waals surface area contributed by atoms with E-state index in [-0.39, 0.29) is 11.7 Å². The van der Waals surface area contributed by atoms with Crippen LogP contribution in [0.15, 0.2) is 54.7 Å². The second-order valence-corrected chi connectivity index (χ2v) is 7.26. The zero-order valence-electron chi connectivity index (χ0n) is 14.2. The minimum Gasteiger partial charge on any atom is -0.464 e. The average Bonchev–Trinajstić information content (AvgIpc) is 3.07. The molecule has 1 unspecified atom stereocenters. The summed E-state index contributed by atoms with van der Waals surface area (Å²) >= 11 is 0. The number of H-pyrrole nitrogens is 1. The Labute approximate surface area is 142 Å². The number of ether oxygens (including phenoxy) is 2. The Bertz CT molecular complexity index is 850. The Morgan fingerprint density at radius 3 is 2.92 bits per heavy atom. The lowest BCUT2D eigenvalue weighted by Crippen LogP contribution is -2.39. The van der Waals surface area contributed by atoms with Gasteiger partial charge in [0.1, 0.15) is 5.75 Å². The lowest BCUT2D eigenvalue weighted by molar-refractivity contribution is -0.170. The lowest BCUT2D eigenvalue weighted by Gasteiger charge is -2.37. The first-order valence-electron chi connectivity index (χ1n) is 8.54. The van der Waals surface area contributed by atoms with Crippen LogP contribution in [0.4, 0.5) is 0 Å². The molecule has 0 fully saturated rings. The summed E-state index contributed by atoms with van der Waals surface area (Å²) in [4.78, 5) is 3.24. The number of aryl methyl sites for hydroxylation is 1. The Kier molecular flexibility index (Phi) is 3.81. The lowest BCUT2D eigenvalue weighted by atomic mass is 9.85. The normalized spacial score (nSPS) is 17.5. The molecule has 1 aliphatic rings. The quantitative estimate of drug-likeness (QED) is 0.728. The van der Waals surface area contributed by atoms with Gasteiger partial charge in [-0.3, -0.25) is 0 Å². The van der Waals surface area contributed by atoms with Crippen molar-refractivity contribution in [2.24, 2.45) is 5.41 Å². The second-order valence-electron chi connectivity index (χ2n) is 7.26. The summed E-state index contributed by atoms with van der Waals surface area (Å²) in [7, 11) is 0. The predicted molar refractivity (Wildman–Crippen MR) is 96.0 cm³/mol. The van der Waals surface area contributed by atoms with Crippen LogP contribution in [-0.2, 0) is 17.8 Å². The number of hydrogen-bond acceptors (Lipinski definition) is 2. The number of fused-ring (bicyclic) bond motifs is 2. The number of aromatic nitrogens is 1. The third-order valence-corrected chi connectivity index (χ3v) is 4.91. The summed E-state index contributed by atoms with van der Waals surface area (Å²) in [5.74, 6) is 0.954. The summed E-state index contributed by atoms with van der Waals surface area (Å²) < 4.78 is 12.1. The summed E-state index contributed by atoms with van der Waals surface area (Å²) in [5, 5.41) is 1.27. The fourth-order valence-electron chi connectivity index (χ4n) is 3.28. The van der Waals surface area contributed by atoms with Gasteiger partial charge in [-0.05, 0) is 48.1 Å². The Morgan fingerprint density at radius 2 is 2.00 bits per heavy atom. The molecule has 1 aromatic heterocycles. The van der Waals surface area contributed by atoms with E-state index >= 15 is 0 Å². The van der Waals surface area contributed by atoms with Crippen LogP contribution < -0.4 is 4.74 Å². The number of benzene rings is 2. The molecule has 0 amide bonds. The zero-order chi connectivity index (χ0) is 16.6. The molecule has 3 heteroatoms. The third kappa shape index (κ3) is 2.92. The van der Waals surface area contributed by atoms with Gasteiger partial charge < -0.3 is 14.5 Å². The molecule has 1 aliphatic heterocycles. The molecule has 0 spiro atoms. The predicted octanol–water partition coefficient (Wildman–Crippen LogP) is 5.06. The Morgan fingerprint density at radius 1 is 1.12 bits per heavy atom. The molecule has 0 bridgehead atoms. The van der Waals surface area contributed by atoms with Crippen LogP contribution in [0.3, 0.4) is 0 Å². The van der Waals surface area contributed by atoms with Gasteiger partial charge in [0.2, 0.25) is 6.29 Å². The van der Waals surface area contributed by atoms with Gasteiger partial charge in [0.25, 0.3) is 0 Å². The van der Waals surface area contributed by atoms with Crippen molar-refractivity contribution in [2.45, 2.75) is 39.6 Å². The van der Waals surface area contributed by atoms with Crippen LogP contribution in [0.2, 0.25) is 0 Å². The van der Waals surface area contributed by atoms with Gasteiger partial charge >= 0.3 is 0 Å². The highest BCUT2D eigenvalue weighted by Gasteiger charge is 2.35. The van der Waals surface area contributed by atoms with Crippen molar-refractivity contribution in [3.8, 4) is 5.75 Å². The first kappa shape index (κ1) is 15.3. The fraction of sp³-hybridized carbons (Fsp3) is 0.333. The van der Waals surface area contributed by atoms with E-state index in [1.54, 1.807) is 0 Å². The van der Waals surface area contributed by atoms with Gasteiger partial charge in [0.15, 0.2) is 0 Å². The Balaban J connectivity index is 1.45. The molecule has 0 saturated heterocycles. The Hall–Kier alpha value is -2.26. The van der Waals surface area contributed by atoms with E-state index in [1.807, 2.05) is 24.4 Å². The number of nitrogens with one attached hydrogen (secondary N) is 1. The van der Waals surface area contributed by atoms with E-state index in [0.717, 1.165) is 24.2 Å². The highest BCUT2D eigenvalue weighted by Crippen LogP contribution is 2.36. The molecule has 24 heavy (non-hydrogen) atoms. The van der Waals surface area contributed by atoms with Gasteiger partial charge in [-0.1, -0.05) is 38.1 Å². The topological polar surface area (TPSA) is 34.2 Å². The molecule has 2 aromatic carbocycles. The standard InChI is InChI=1S/C21H23NO2/c1-21(2,20-23-14-17-5-3-4-6-19(17)24-20)11-9-15-7-8-18-16(13-15)10-12-22-18/h3-8,10,12-13,20,22H,9,11,14H2,1-2H3. The van der Waals surface area contributed by atoms with E-state index in [9.17, 15) is 0 Å². The summed E-state index contributed by atoms with van der Waals surface area (Å²) in [6.45, 7) is 5.07. The van der Waals surface area contributed by atoms with Crippen LogP contribution in [-0.4, -0.2) is 11.3 Å². The largest absolute Gasteiger partial charge is 0.464 e. The van der Waals surface area contributed by atoms with Gasteiger partial charge in [-0.2, -0.15) is 0 Å². The molecule has 4 rings (SSSR count). The number of rotatable bonds is 4. The van der Waals surface area contributed by atoms with Crippen molar-refractivity contribution in [1.82, 2.24) is 4.98 Å². The molecule has 3 nitrogen and oxygen atoms in total. The molecule has 1 N–H and O–H groups in total. The highest BCUT2D eigenvalue weighted by molar-refractivity contribution is 5.79. The maximum absolute atomic E-state index is 6.12. The van der Waals surface area contributed by atoms with Crippen molar-refractivity contribution < 1.29 is 9.47 Å². The molecule has 3 aromatic rings. The first-order chi connectivity index (χ1) is 11.6. The maximum atomic E-state index is 6.12. The van der Waals surface area contributed by atoms with E-state index < -0.39 is 0 Å². The molecular weight excluding hydrogens is 298 g/mol. The molecule has 0 saturated carbocycles. The zero-order valence-corrected chi connectivity index (χ0v) is 14.2. The van der Waals surface area contributed by atoms with Crippen LogP contribution in [0.5, 0.6) is 5.75 Å². The minimum atomic E-state index is -0.205. The SMILES string of the molecule is CC(C)(CCc1ccc2[nH]ccc2c1)C1OCc2ccccc2O1. The molecule has 124 valence electrons. The van der Waals surface area contributed by atoms with Gasteiger partial charge in [-0.25, -0.2) is 0 Å². The van der Waals surface area contributed by atoms with Gasteiger partial charge in [0, 0.05) is 22.7 Å². The second kappa shape index (κ2) is 5.99. The van der Waals surface area contributed by atoms with Crippen LogP contribution in [0, 0.1) is 5.41 Å². The molecule has 0 aliphatic carbocycles. The van der Waals surface area contributed by atoms with E-state index in [4.69, 9.17) is 9.47 Å². The van der Waals surface area contributed by atoms with Gasteiger partial charge in [-0.15, -0.1) is 0 Å². The first-order valence-corrected chi connectivity index (χ1v) is 8.54. The van der Waals surface area contributed by atoms with Crippen molar-refractivity contribution in [3.63, 3.8) is 0 Å². The van der Waals surface area contributed by atoms with Crippen molar-refractivity contribution in [1.29, 1.82) is 0 Å². The highest BCUT2D eigenvalue weighted by atomic mass is 16.7. The van der Waals surface area contributed by atoms with E-state index in [0.29, 0.717) is 6.61 Å². The number of aromatic amines is 1. The van der Waals surface area contributed by atoms with Crippen molar-refractivity contribution in [2.75, 3.05) is 0 Å². The average molecular weight is 321 g/mol. The van der Waals surface area contributed by atoms with Crippen molar-refractivity contribution >= 4 is 10.9 Å². The van der Waals surface area contributed by atoms with E-state index in [2.05, 4.69) is 49.2 Å². The molecule has 0 radical (unpaired) electrons. The molecule has 1 atom stereocenters. The molecule has 2 heterocycles. The monoisotopic (exact) mass is 321 g/mol. The summed E-state index contributed by atoms with van der Waals surface area (Å²) in [6.07, 6.45) is 3.80. The maximum Gasteiger partial charge on any atom is 0.205 e. The fourth-order valence-corrected chi connectivity index (χ4v) is 3.28. The van der Waals surface area contributed by atoms with Crippen molar-refractivity contribution in [3.05, 3.63) is 65.9 Å².